The van der Waals surface area contributed by atoms with Crippen molar-refractivity contribution in [2.24, 2.45) is 0 Å². The Labute approximate surface area is 164 Å². The molecule has 1 fully saturated rings. The van der Waals surface area contributed by atoms with Gasteiger partial charge in [-0.15, -0.1) is 5.92 Å². The lowest BCUT2D eigenvalue weighted by atomic mass is 10.1. The fourth-order valence-electron chi connectivity index (χ4n) is 3.46. The lowest BCUT2D eigenvalue weighted by molar-refractivity contribution is 0.0987. The Hall–Kier alpha value is -2.42. The van der Waals surface area contributed by atoms with Crippen LogP contribution in [0.1, 0.15) is 30.6 Å². The van der Waals surface area contributed by atoms with Gasteiger partial charge < -0.3 is 10.1 Å². The highest BCUT2D eigenvalue weighted by Crippen LogP contribution is 2.42. The van der Waals surface area contributed by atoms with Crippen LogP contribution in [-0.4, -0.2) is 31.2 Å². The molecule has 2 aromatic rings. The number of ether oxygens (including phenoxy) is 1. The minimum atomic E-state index is -0.00174. The van der Waals surface area contributed by atoms with Crippen molar-refractivity contribution in [2.45, 2.75) is 42.2 Å². The highest BCUT2D eigenvalue weighted by atomic mass is 32.2. The molecule has 2 aliphatic heterocycles. The molecule has 2 atom stereocenters. The molecule has 1 N–H and O–H groups in total. The SMILES string of the molecule is CC#CCN1C(=O)c2ccccc2Sc2cc(NC3CCOC3C)ccc21. The van der Waals surface area contributed by atoms with Gasteiger partial charge in [0.15, 0.2) is 0 Å². The van der Waals surface area contributed by atoms with Gasteiger partial charge in [0.05, 0.1) is 29.9 Å². The number of carbonyl (C=O) groups excluding carboxylic acids is 1. The number of carbonyl (C=O) groups is 1. The van der Waals surface area contributed by atoms with E-state index in [-0.39, 0.29) is 12.0 Å². The minimum Gasteiger partial charge on any atom is -0.380 e. The lowest BCUT2D eigenvalue weighted by Crippen LogP contribution is -2.31. The second-order valence-corrected chi connectivity index (χ2v) is 7.80. The molecule has 0 radical (unpaired) electrons. The zero-order valence-electron chi connectivity index (χ0n) is 15.5. The van der Waals surface area contributed by atoms with Crippen LogP contribution in [-0.2, 0) is 4.74 Å². The third-order valence-electron chi connectivity index (χ3n) is 4.98. The van der Waals surface area contributed by atoms with Gasteiger partial charge in [0.1, 0.15) is 0 Å². The maximum absolute atomic E-state index is 13.1. The predicted octanol–water partition coefficient (Wildman–Crippen LogP) is 4.41. The molecule has 5 heteroatoms. The van der Waals surface area contributed by atoms with Gasteiger partial charge in [0.2, 0.25) is 0 Å². The number of hydrogen-bond acceptors (Lipinski definition) is 4. The number of hydrogen-bond donors (Lipinski definition) is 1. The first-order valence-corrected chi connectivity index (χ1v) is 9.99. The van der Waals surface area contributed by atoms with E-state index in [9.17, 15) is 4.79 Å². The number of nitrogens with one attached hydrogen (secondary N) is 1. The molecule has 27 heavy (non-hydrogen) atoms. The van der Waals surface area contributed by atoms with E-state index in [0.29, 0.717) is 12.6 Å². The van der Waals surface area contributed by atoms with E-state index in [2.05, 4.69) is 30.1 Å². The molecule has 1 amide bonds. The Kier molecular flexibility index (Phi) is 5.11. The zero-order chi connectivity index (χ0) is 18.8. The lowest BCUT2D eigenvalue weighted by Gasteiger charge is -2.22. The van der Waals surface area contributed by atoms with E-state index in [0.717, 1.165) is 39.8 Å². The summed E-state index contributed by atoms with van der Waals surface area (Å²) < 4.78 is 5.66. The van der Waals surface area contributed by atoms with Gasteiger partial charge in [-0.1, -0.05) is 29.8 Å². The first kappa shape index (κ1) is 18.0. The highest BCUT2D eigenvalue weighted by Gasteiger charge is 2.28. The van der Waals surface area contributed by atoms with Crippen LogP contribution in [0.5, 0.6) is 0 Å². The molecule has 2 aliphatic rings. The highest BCUT2D eigenvalue weighted by molar-refractivity contribution is 7.99. The number of anilines is 2. The van der Waals surface area contributed by atoms with E-state index in [4.69, 9.17) is 4.74 Å². The van der Waals surface area contributed by atoms with E-state index >= 15 is 0 Å². The van der Waals surface area contributed by atoms with Gasteiger partial charge >= 0.3 is 0 Å². The first-order chi connectivity index (χ1) is 13.2. The number of benzene rings is 2. The fourth-order valence-corrected chi connectivity index (χ4v) is 4.58. The van der Waals surface area contributed by atoms with E-state index in [1.54, 1.807) is 23.6 Å². The smallest absolute Gasteiger partial charge is 0.260 e. The van der Waals surface area contributed by atoms with Crippen molar-refractivity contribution in [1.29, 1.82) is 0 Å². The number of amides is 1. The molecule has 2 unspecified atom stereocenters. The molecule has 2 aromatic carbocycles. The zero-order valence-corrected chi connectivity index (χ0v) is 16.3. The van der Waals surface area contributed by atoms with Crippen molar-refractivity contribution >= 4 is 29.0 Å². The summed E-state index contributed by atoms with van der Waals surface area (Å²) in [6.07, 6.45) is 1.21. The van der Waals surface area contributed by atoms with Crippen LogP contribution < -0.4 is 10.2 Å². The molecule has 0 aliphatic carbocycles. The van der Waals surface area contributed by atoms with Gasteiger partial charge in [0.25, 0.3) is 5.91 Å². The molecule has 1 saturated heterocycles. The average Bonchev–Trinajstić information content (AvgIpc) is 3.03. The van der Waals surface area contributed by atoms with Gasteiger partial charge in [-0.2, -0.15) is 0 Å². The van der Waals surface area contributed by atoms with Crippen LogP contribution in [0, 0.1) is 11.8 Å². The second-order valence-electron chi connectivity index (χ2n) is 6.71. The van der Waals surface area contributed by atoms with Crippen molar-refractivity contribution in [3.8, 4) is 11.8 Å². The summed E-state index contributed by atoms with van der Waals surface area (Å²) in [4.78, 5) is 16.9. The van der Waals surface area contributed by atoms with Crippen LogP contribution in [0.25, 0.3) is 0 Å². The van der Waals surface area contributed by atoms with Crippen LogP contribution >= 0.6 is 11.8 Å². The van der Waals surface area contributed by atoms with E-state index in [1.807, 2.05) is 36.4 Å². The second kappa shape index (κ2) is 7.67. The van der Waals surface area contributed by atoms with Crippen molar-refractivity contribution < 1.29 is 9.53 Å². The van der Waals surface area contributed by atoms with Crippen LogP contribution in [0.15, 0.2) is 52.3 Å². The van der Waals surface area contributed by atoms with E-state index < -0.39 is 0 Å². The number of fused-ring (bicyclic) bond motifs is 2. The van der Waals surface area contributed by atoms with Crippen LogP contribution in [0.4, 0.5) is 11.4 Å². The maximum Gasteiger partial charge on any atom is 0.260 e. The van der Waals surface area contributed by atoms with Gasteiger partial charge in [-0.25, -0.2) is 0 Å². The summed E-state index contributed by atoms with van der Waals surface area (Å²) in [7, 11) is 0. The summed E-state index contributed by atoms with van der Waals surface area (Å²) in [6, 6.07) is 14.3. The third-order valence-corrected chi connectivity index (χ3v) is 6.10. The molecular weight excluding hydrogens is 356 g/mol. The largest absolute Gasteiger partial charge is 0.380 e. The van der Waals surface area contributed by atoms with Crippen molar-refractivity contribution in [1.82, 2.24) is 0 Å². The Morgan fingerprint density at radius 1 is 1.26 bits per heavy atom. The molecule has 2 heterocycles. The summed E-state index contributed by atoms with van der Waals surface area (Å²) in [5, 5.41) is 3.58. The van der Waals surface area contributed by atoms with Gasteiger partial charge in [-0.3, -0.25) is 9.69 Å². The number of rotatable bonds is 3. The summed E-state index contributed by atoms with van der Waals surface area (Å²) in [5.74, 6) is 5.94. The van der Waals surface area contributed by atoms with Crippen LogP contribution in [0.2, 0.25) is 0 Å². The minimum absolute atomic E-state index is 0.00174. The Balaban J connectivity index is 1.73. The molecule has 0 saturated carbocycles. The third kappa shape index (κ3) is 3.55. The van der Waals surface area contributed by atoms with Crippen molar-refractivity contribution in [3.63, 3.8) is 0 Å². The number of nitrogens with zero attached hydrogens (tertiary/aromatic N) is 1. The molecular formula is C22H22N2O2S. The molecule has 0 bridgehead atoms. The standard InChI is InChI=1S/C22H22N2O2S/c1-3-4-12-24-19-10-9-16(23-18-11-13-26-15(18)2)14-21(19)27-20-8-6-5-7-17(20)22(24)25/h5-10,14-15,18,23H,11-13H2,1-2H3. The Morgan fingerprint density at radius 3 is 2.89 bits per heavy atom. The fraction of sp³-hybridized carbons (Fsp3) is 0.318. The predicted molar refractivity (Wildman–Crippen MR) is 110 cm³/mol. The van der Waals surface area contributed by atoms with Gasteiger partial charge in [0, 0.05) is 22.1 Å². The topological polar surface area (TPSA) is 41.6 Å². The van der Waals surface area contributed by atoms with Crippen LogP contribution in [0.3, 0.4) is 0 Å². The molecule has 138 valence electrons. The summed E-state index contributed by atoms with van der Waals surface area (Å²) in [6.45, 7) is 5.08. The maximum atomic E-state index is 13.1. The quantitative estimate of drug-likeness (QED) is 0.804. The van der Waals surface area contributed by atoms with E-state index in [1.165, 1.54) is 0 Å². The van der Waals surface area contributed by atoms with Crippen molar-refractivity contribution in [2.75, 3.05) is 23.4 Å². The first-order valence-electron chi connectivity index (χ1n) is 9.18. The summed E-state index contributed by atoms with van der Waals surface area (Å²) >= 11 is 1.64. The molecule has 0 aromatic heterocycles. The monoisotopic (exact) mass is 378 g/mol. The Bertz CT molecular complexity index is 931. The average molecular weight is 378 g/mol. The molecule has 4 nitrogen and oxygen atoms in total. The summed E-state index contributed by atoms with van der Waals surface area (Å²) in [5.41, 5.74) is 2.69. The molecule has 4 rings (SSSR count). The van der Waals surface area contributed by atoms with Gasteiger partial charge in [-0.05, 0) is 50.6 Å². The van der Waals surface area contributed by atoms with Crippen molar-refractivity contribution in [3.05, 3.63) is 48.0 Å². The Morgan fingerprint density at radius 2 is 2.11 bits per heavy atom. The molecule has 0 spiro atoms. The normalized spacial score (nSPS) is 21.0.